The summed E-state index contributed by atoms with van der Waals surface area (Å²) in [5.41, 5.74) is 2.08. The van der Waals surface area contributed by atoms with Crippen LogP contribution in [0.2, 0.25) is 0 Å². The van der Waals surface area contributed by atoms with Crippen molar-refractivity contribution in [3.05, 3.63) is 47.2 Å². The highest BCUT2D eigenvalue weighted by atomic mass is 16.3. The summed E-state index contributed by atoms with van der Waals surface area (Å²) in [6.45, 7) is 5.53. The van der Waals surface area contributed by atoms with E-state index in [4.69, 9.17) is 4.42 Å². The first-order chi connectivity index (χ1) is 12.7. The van der Waals surface area contributed by atoms with Gasteiger partial charge >= 0.3 is 0 Å². The number of hydrogen-bond acceptors (Lipinski definition) is 4. The van der Waals surface area contributed by atoms with Crippen molar-refractivity contribution >= 4 is 16.9 Å². The molecule has 2 N–H and O–H groups in total. The fourth-order valence-electron chi connectivity index (χ4n) is 3.52. The third kappa shape index (κ3) is 3.05. The van der Waals surface area contributed by atoms with Gasteiger partial charge in [0.1, 0.15) is 23.0 Å². The van der Waals surface area contributed by atoms with E-state index in [1.54, 1.807) is 7.05 Å². The summed E-state index contributed by atoms with van der Waals surface area (Å²) < 4.78 is 7.96. The molecular weight excluding hydrogens is 328 g/mol. The van der Waals surface area contributed by atoms with Crippen molar-refractivity contribution in [1.82, 2.24) is 25.4 Å². The van der Waals surface area contributed by atoms with E-state index in [2.05, 4.69) is 38.7 Å². The molecule has 2 aromatic heterocycles. The second-order valence-corrected chi connectivity index (χ2v) is 6.65. The Kier molecular flexibility index (Phi) is 4.36. The van der Waals surface area contributed by atoms with Gasteiger partial charge in [-0.3, -0.25) is 4.99 Å². The summed E-state index contributed by atoms with van der Waals surface area (Å²) >= 11 is 0. The number of nitrogens with zero attached hydrogens (tertiary/aromatic N) is 4. The number of para-hydroxylation sites is 1. The van der Waals surface area contributed by atoms with Crippen LogP contribution < -0.4 is 10.6 Å². The molecule has 1 unspecified atom stereocenters. The Hall–Kier alpha value is -2.83. The van der Waals surface area contributed by atoms with Crippen molar-refractivity contribution in [2.75, 3.05) is 7.05 Å². The summed E-state index contributed by atoms with van der Waals surface area (Å²) in [6.07, 6.45) is 2.09. The Bertz CT molecular complexity index is 954. The lowest BCUT2D eigenvalue weighted by Crippen LogP contribution is -2.41. The summed E-state index contributed by atoms with van der Waals surface area (Å²) in [5, 5.41) is 12.4. The molecule has 136 valence electrons. The molecule has 1 atom stereocenters. The highest BCUT2D eigenvalue weighted by Crippen LogP contribution is 2.25. The molecule has 7 heteroatoms. The SMILES string of the molecule is CN=C(NCc1oc2ccccc2c1C)NC1CCCn2nc(C)nc21. The number of guanidine groups is 1. The molecule has 0 amide bonds. The normalized spacial score (nSPS) is 17.3. The number of furan rings is 1. The van der Waals surface area contributed by atoms with Crippen LogP contribution in [0.3, 0.4) is 0 Å². The maximum atomic E-state index is 5.97. The predicted molar refractivity (Wildman–Crippen MR) is 101 cm³/mol. The molecule has 4 rings (SSSR count). The fraction of sp³-hybridized carbons (Fsp3) is 0.421. The number of aromatic nitrogens is 3. The largest absolute Gasteiger partial charge is 0.459 e. The summed E-state index contributed by atoms with van der Waals surface area (Å²) in [4.78, 5) is 8.93. The van der Waals surface area contributed by atoms with E-state index in [-0.39, 0.29) is 6.04 Å². The molecular formula is C19H24N6O. The fourth-order valence-corrected chi connectivity index (χ4v) is 3.52. The van der Waals surface area contributed by atoms with Crippen molar-refractivity contribution in [3.63, 3.8) is 0 Å². The lowest BCUT2D eigenvalue weighted by Gasteiger charge is -2.24. The second kappa shape index (κ2) is 6.82. The number of fused-ring (bicyclic) bond motifs is 2. The Morgan fingerprint density at radius 3 is 3.00 bits per heavy atom. The second-order valence-electron chi connectivity index (χ2n) is 6.65. The Morgan fingerprint density at radius 1 is 1.35 bits per heavy atom. The van der Waals surface area contributed by atoms with Gasteiger partial charge in [0.2, 0.25) is 0 Å². The average molecular weight is 352 g/mol. The topological polar surface area (TPSA) is 80.3 Å². The van der Waals surface area contributed by atoms with Gasteiger partial charge in [0.15, 0.2) is 5.96 Å². The molecule has 0 radical (unpaired) electrons. The van der Waals surface area contributed by atoms with Gasteiger partial charge in [-0.15, -0.1) is 0 Å². The average Bonchev–Trinajstić information content (AvgIpc) is 3.19. The highest BCUT2D eigenvalue weighted by Gasteiger charge is 2.24. The number of hydrogen-bond donors (Lipinski definition) is 2. The van der Waals surface area contributed by atoms with Gasteiger partial charge in [0, 0.05) is 24.5 Å². The van der Waals surface area contributed by atoms with Crippen LogP contribution in [0.5, 0.6) is 0 Å². The minimum atomic E-state index is 0.118. The third-order valence-electron chi connectivity index (χ3n) is 4.87. The molecule has 0 fully saturated rings. The Morgan fingerprint density at radius 2 is 2.19 bits per heavy atom. The molecule has 0 spiro atoms. The Labute approximate surface area is 152 Å². The molecule has 0 aliphatic carbocycles. The minimum Gasteiger partial charge on any atom is -0.459 e. The molecule has 1 aliphatic heterocycles. The lowest BCUT2D eigenvalue weighted by molar-refractivity contribution is 0.397. The molecule has 1 aliphatic rings. The first-order valence-corrected chi connectivity index (χ1v) is 9.01. The predicted octanol–water partition coefficient (Wildman–Crippen LogP) is 2.84. The van der Waals surface area contributed by atoms with E-state index in [0.29, 0.717) is 6.54 Å². The van der Waals surface area contributed by atoms with Gasteiger partial charge in [-0.2, -0.15) is 5.10 Å². The van der Waals surface area contributed by atoms with Gasteiger partial charge in [-0.05, 0) is 32.8 Å². The maximum Gasteiger partial charge on any atom is 0.191 e. The van der Waals surface area contributed by atoms with Gasteiger partial charge in [0.25, 0.3) is 0 Å². The van der Waals surface area contributed by atoms with E-state index in [1.807, 2.05) is 29.8 Å². The summed E-state index contributed by atoms with van der Waals surface area (Å²) in [5.74, 6) is 3.46. The number of aliphatic imine (C=N–C) groups is 1. The molecule has 0 saturated heterocycles. The zero-order chi connectivity index (χ0) is 18.1. The van der Waals surface area contributed by atoms with Crippen molar-refractivity contribution in [2.45, 2.75) is 45.8 Å². The quantitative estimate of drug-likeness (QED) is 0.560. The smallest absolute Gasteiger partial charge is 0.191 e. The summed E-state index contributed by atoms with van der Waals surface area (Å²) in [7, 11) is 1.78. The summed E-state index contributed by atoms with van der Waals surface area (Å²) in [6, 6.07) is 8.22. The zero-order valence-corrected chi connectivity index (χ0v) is 15.4. The van der Waals surface area contributed by atoms with E-state index in [9.17, 15) is 0 Å². The monoisotopic (exact) mass is 352 g/mol. The van der Waals surface area contributed by atoms with Crippen LogP contribution in [0, 0.1) is 13.8 Å². The molecule has 1 aromatic carbocycles. The molecule has 26 heavy (non-hydrogen) atoms. The van der Waals surface area contributed by atoms with Crippen molar-refractivity contribution in [1.29, 1.82) is 0 Å². The lowest BCUT2D eigenvalue weighted by atomic mass is 10.1. The maximum absolute atomic E-state index is 5.97. The van der Waals surface area contributed by atoms with E-state index in [0.717, 1.165) is 59.3 Å². The molecule has 3 heterocycles. The third-order valence-corrected chi connectivity index (χ3v) is 4.87. The molecule has 3 aromatic rings. The minimum absolute atomic E-state index is 0.118. The van der Waals surface area contributed by atoms with Gasteiger partial charge in [-0.25, -0.2) is 9.67 Å². The van der Waals surface area contributed by atoms with Gasteiger partial charge < -0.3 is 15.1 Å². The van der Waals surface area contributed by atoms with Crippen LogP contribution in [0.25, 0.3) is 11.0 Å². The molecule has 0 saturated carbocycles. The number of nitrogens with one attached hydrogen (secondary N) is 2. The van der Waals surface area contributed by atoms with E-state index in [1.165, 1.54) is 0 Å². The number of rotatable bonds is 3. The first-order valence-electron chi connectivity index (χ1n) is 9.01. The molecule has 0 bridgehead atoms. The van der Waals surface area contributed by atoms with Crippen molar-refractivity contribution < 1.29 is 4.42 Å². The van der Waals surface area contributed by atoms with Crippen LogP contribution in [0.15, 0.2) is 33.7 Å². The van der Waals surface area contributed by atoms with Crippen LogP contribution in [0.4, 0.5) is 0 Å². The number of aryl methyl sites for hydroxylation is 3. The van der Waals surface area contributed by atoms with E-state index >= 15 is 0 Å². The highest BCUT2D eigenvalue weighted by molar-refractivity contribution is 5.83. The first kappa shape index (κ1) is 16.6. The standard InChI is InChI=1S/C19H24N6O/c1-12-14-7-4-5-9-16(14)26-17(12)11-21-19(20-3)23-15-8-6-10-25-18(15)22-13(2)24-25/h4-5,7,9,15H,6,8,10-11H2,1-3H3,(H2,20,21,23). The van der Waals surface area contributed by atoms with Crippen molar-refractivity contribution in [2.24, 2.45) is 4.99 Å². The number of benzene rings is 1. The van der Waals surface area contributed by atoms with E-state index < -0.39 is 0 Å². The molecule has 7 nitrogen and oxygen atoms in total. The zero-order valence-electron chi connectivity index (χ0n) is 15.4. The van der Waals surface area contributed by atoms with Gasteiger partial charge in [-0.1, -0.05) is 18.2 Å². The Balaban J connectivity index is 1.46. The van der Waals surface area contributed by atoms with Crippen LogP contribution in [-0.2, 0) is 13.1 Å². The van der Waals surface area contributed by atoms with Crippen molar-refractivity contribution in [3.8, 4) is 0 Å². The van der Waals surface area contributed by atoms with Gasteiger partial charge in [0.05, 0.1) is 12.6 Å². The van der Waals surface area contributed by atoms with Crippen LogP contribution >= 0.6 is 0 Å². The van der Waals surface area contributed by atoms with Crippen LogP contribution in [0.1, 0.15) is 41.9 Å². The van der Waals surface area contributed by atoms with Crippen LogP contribution in [-0.4, -0.2) is 27.8 Å².